The van der Waals surface area contributed by atoms with Crippen molar-refractivity contribution in [3.63, 3.8) is 0 Å². The molecule has 0 aromatic carbocycles. The molecule has 0 fully saturated rings. The summed E-state index contributed by atoms with van der Waals surface area (Å²) in [5.41, 5.74) is 2.24. The highest BCUT2D eigenvalue weighted by molar-refractivity contribution is 5.64. The van der Waals surface area contributed by atoms with Crippen LogP contribution in [0.4, 0.5) is 0 Å². The van der Waals surface area contributed by atoms with E-state index in [0.717, 1.165) is 24.5 Å². The van der Waals surface area contributed by atoms with Gasteiger partial charge in [-0.3, -0.25) is 4.98 Å². The van der Waals surface area contributed by atoms with E-state index >= 15 is 0 Å². The number of hydrogen-bond acceptors (Lipinski definition) is 3. The average molecular weight is 191 g/mol. The zero-order chi connectivity index (χ0) is 9.80. The van der Waals surface area contributed by atoms with Crippen LogP contribution in [0.2, 0.25) is 0 Å². The topological polar surface area (TPSA) is 31.4 Å². The van der Waals surface area contributed by atoms with Crippen LogP contribution in [0.5, 0.6) is 5.75 Å². The largest absolute Gasteiger partial charge is 0.497 e. The Bertz CT molecular complexity index is 347. The molecule has 2 rings (SSSR count). The first-order valence-electron chi connectivity index (χ1n) is 4.67. The molecule has 0 unspecified atom stereocenters. The van der Waals surface area contributed by atoms with Crippen LogP contribution in [0, 0.1) is 0 Å². The lowest BCUT2D eigenvalue weighted by molar-refractivity contribution is 0.161. The quantitative estimate of drug-likeness (QED) is 0.715. The molecule has 2 heterocycles. The summed E-state index contributed by atoms with van der Waals surface area (Å²) >= 11 is 0. The highest BCUT2D eigenvalue weighted by Gasteiger charge is 2.07. The first-order valence-corrected chi connectivity index (χ1v) is 4.67. The third kappa shape index (κ3) is 1.93. The van der Waals surface area contributed by atoms with E-state index in [-0.39, 0.29) is 0 Å². The third-order valence-electron chi connectivity index (χ3n) is 2.26. The Labute approximate surface area is 83.4 Å². The highest BCUT2D eigenvalue weighted by Crippen LogP contribution is 2.22. The molecule has 0 saturated carbocycles. The summed E-state index contributed by atoms with van der Waals surface area (Å²) in [4.78, 5) is 4.31. The average Bonchev–Trinajstić information content (AvgIpc) is 2.30. The van der Waals surface area contributed by atoms with E-state index in [4.69, 9.17) is 9.47 Å². The van der Waals surface area contributed by atoms with Gasteiger partial charge >= 0.3 is 0 Å². The SMILES string of the molecule is COc1ccnc(C2=CCOCC2)c1. The molecule has 0 atom stereocenters. The Morgan fingerprint density at radius 1 is 1.50 bits per heavy atom. The lowest BCUT2D eigenvalue weighted by atomic mass is 10.1. The Morgan fingerprint density at radius 2 is 2.43 bits per heavy atom. The molecule has 3 nitrogen and oxygen atoms in total. The fourth-order valence-electron chi connectivity index (χ4n) is 1.47. The summed E-state index contributed by atoms with van der Waals surface area (Å²) in [6, 6.07) is 3.81. The monoisotopic (exact) mass is 191 g/mol. The standard InChI is InChI=1S/C11H13NO2/c1-13-10-2-5-12-11(8-10)9-3-6-14-7-4-9/h2-3,5,8H,4,6-7H2,1H3. The number of hydrogen-bond donors (Lipinski definition) is 0. The molecule has 1 aliphatic rings. The van der Waals surface area contributed by atoms with Crippen molar-refractivity contribution in [2.75, 3.05) is 20.3 Å². The second-order valence-electron chi connectivity index (χ2n) is 3.14. The van der Waals surface area contributed by atoms with Crippen molar-refractivity contribution in [1.29, 1.82) is 0 Å². The van der Waals surface area contributed by atoms with Crippen LogP contribution in [0.15, 0.2) is 24.4 Å². The number of methoxy groups -OCH3 is 1. The molecule has 0 aliphatic carbocycles. The third-order valence-corrected chi connectivity index (χ3v) is 2.26. The molecule has 0 radical (unpaired) electrons. The van der Waals surface area contributed by atoms with Gasteiger partial charge in [0.05, 0.1) is 26.0 Å². The van der Waals surface area contributed by atoms with E-state index in [1.807, 2.05) is 12.1 Å². The fourth-order valence-corrected chi connectivity index (χ4v) is 1.47. The maximum absolute atomic E-state index is 5.24. The van der Waals surface area contributed by atoms with Crippen LogP contribution in [0.3, 0.4) is 0 Å². The molecular weight excluding hydrogens is 178 g/mol. The minimum atomic E-state index is 0.689. The molecule has 1 aromatic rings. The lowest BCUT2D eigenvalue weighted by Crippen LogP contribution is -2.04. The zero-order valence-corrected chi connectivity index (χ0v) is 8.19. The van der Waals surface area contributed by atoms with Gasteiger partial charge in [-0.1, -0.05) is 6.08 Å². The number of rotatable bonds is 2. The second-order valence-corrected chi connectivity index (χ2v) is 3.14. The van der Waals surface area contributed by atoms with Crippen molar-refractivity contribution < 1.29 is 9.47 Å². The van der Waals surface area contributed by atoms with Crippen molar-refractivity contribution in [2.45, 2.75) is 6.42 Å². The Hall–Kier alpha value is -1.35. The van der Waals surface area contributed by atoms with Crippen molar-refractivity contribution in [3.05, 3.63) is 30.1 Å². The molecule has 14 heavy (non-hydrogen) atoms. The van der Waals surface area contributed by atoms with Gasteiger partial charge in [0.15, 0.2) is 0 Å². The Kier molecular flexibility index (Phi) is 2.79. The van der Waals surface area contributed by atoms with E-state index in [1.54, 1.807) is 13.3 Å². The number of ether oxygens (including phenoxy) is 2. The lowest BCUT2D eigenvalue weighted by Gasteiger charge is -2.13. The Balaban J connectivity index is 2.26. The normalized spacial score (nSPS) is 16.2. The van der Waals surface area contributed by atoms with Crippen LogP contribution >= 0.6 is 0 Å². The molecule has 1 aromatic heterocycles. The van der Waals surface area contributed by atoms with Gasteiger partial charge in [-0.15, -0.1) is 0 Å². The van der Waals surface area contributed by atoms with Gasteiger partial charge in [-0.05, 0) is 18.1 Å². The van der Waals surface area contributed by atoms with E-state index in [9.17, 15) is 0 Å². The minimum Gasteiger partial charge on any atom is -0.497 e. The number of aromatic nitrogens is 1. The van der Waals surface area contributed by atoms with Gasteiger partial charge in [-0.25, -0.2) is 0 Å². The summed E-state index contributed by atoms with van der Waals surface area (Å²) in [6.07, 6.45) is 4.77. The molecule has 0 amide bonds. The molecule has 0 N–H and O–H groups in total. The van der Waals surface area contributed by atoms with E-state index < -0.39 is 0 Å². The predicted octanol–water partition coefficient (Wildman–Crippen LogP) is 1.89. The first-order chi connectivity index (χ1) is 6.90. The molecule has 3 heteroatoms. The number of nitrogens with zero attached hydrogens (tertiary/aromatic N) is 1. The van der Waals surface area contributed by atoms with Gasteiger partial charge in [0.2, 0.25) is 0 Å². The van der Waals surface area contributed by atoms with Gasteiger partial charge in [-0.2, -0.15) is 0 Å². The van der Waals surface area contributed by atoms with Crippen molar-refractivity contribution >= 4 is 5.57 Å². The van der Waals surface area contributed by atoms with E-state index in [2.05, 4.69) is 11.1 Å². The molecule has 0 spiro atoms. The molecule has 1 aliphatic heterocycles. The molecule has 0 bridgehead atoms. The van der Waals surface area contributed by atoms with Gasteiger partial charge in [0.25, 0.3) is 0 Å². The zero-order valence-electron chi connectivity index (χ0n) is 8.19. The Morgan fingerprint density at radius 3 is 3.14 bits per heavy atom. The number of pyridine rings is 1. The summed E-state index contributed by atoms with van der Waals surface area (Å²) < 4.78 is 10.4. The second kappa shape index (κ2) is 4.24. The maximum Gasteiger partial charge on any atom is 0.122 e. The van der Waals surface area contributed by atoms with Crippen molar-refractivity contribution in [3.8, 4) is 5.75 Å². The van der Waals surface area contributed by atoms with Crippen LogP contribution < -0.4 is 4.74 Å². The van der Waals surface area contributed by atoms with Crippen LogP contribution in [-0.2, 0) is 4.74 Å². The summed E-state index contributed by atoms with van der Waals surface area (Å²) in [5.74, 6) is 0.849. The minimum absolute atomic E-state index is 0.689. The maximum atomic E-state index is 5.24. The van der Waals surface area contributed by atoms with Gasteiger partial charge < -0.3 is 9.47 Å². The molecule has 0 saturated heterocycles. The summed E-state index contributed by atoms with van der Waals surface area (Å²) in [5, 5.41) is 0. The van der Waals surface area contributed by atoms with Crippen LogP contribution in [-0.4, -0.2) is 25.3 Å². The fraction of sp³-hybridized carbons (Fsp3) is 0.364. The van der Waals surface area contributed by atoms with Crippen molar-refractivity contribution in [1.82, 2.24) is 4.98 Å². The smallest absolute Gasteiger partial charge is 0.122 e. The predicted molar refractivity (Wildman–Crippen MR) is 54.2 cm³/mol. The van der Waals surface area contributed by atoms with Crippen LogP contribution in [0.25, 0.3) is 5.57 Å². The first kappa shape index (κ1) is 9.21. The molecular formula is C11H13NO2. The highest BCUT2D eigenvalue weighted by atomic mass is 16.5. The van der Waals surface area contributed by atoms with Crippen molar-refractivity contribution in [2.24, 2.45) is 0 Å². The molecule has 74 valence electrons. The van der Waals surface area contributed by atoms with Gasteiger partial charge in [0, 0.05) is 12.3 Å². The summed E-state index contributed by atoms with van der Waals surface area (Å²) in [6.45, 7) is 1.47. The van der Waals surface area contributed by atoms with E-state index in [0.29, 0.717) is 6.61 Å². The summed E-state index contributed by atoms with van der Waals surface area (Å²) in [7, 11) is 1.66. The van der Waals surface area contributed by atoms with Gasteiger partial charge in [0.1, 0.15) is 5.75 Å². The van der Waals surface area contributed by atoms with Crippen LogP contribution in [0.1, 0.15) is 12.1 Å². The van der Waals surface area contributed by atoms with E-state index in [1.165, 1.54) is 5.57 Å².